The van der Waals surface area contributed by atoms with Crippen LogP contribution in [0.4, 0.5) is 0 Å². The molecule has 0 saturated heterocycles. The molecule has 162 valence electrons. The molecule has 6 nitrogen and oxygen atoms in total. The zero-order chi connectivity index (χ0) is 20.9. The summed E-state index contributed by atoms with van der Waals surface area (Å²) in [7, 11) is 0. The van der Waals surface area contributed by atoms with E-state index >= 15 is 0 Å². The maximum Gasteiger partial charge on any atom is 0.222 e. The number of fused-ring (bicyclic) bond motifs is 1. The third-order valence-electron chi connectivity index (χ3n) is 4.86. The van der Waals surface area contributed by atoms with Crippen molar-refractivity contribution in [3.8, 4) is 0 Å². The Hall–Kier alpha value is -2.08. The molecule has 0 aliphatic carbocycles. The quantitative estimate of drug-likeness (QED) is 0.339. The molecule has 0 unspecified atom stereocenters. The summed E-state index contributed by atoms with van der Waals surface area (Å²) in [5.41, 5.74) is 2.65. The minimum Gasteiger partial charge on any atom is -0.381 e. The predicted molar refractivity (Wildman–Crippen MR) is 119 cm³/mol. The number of benzene rings is 1. The van der Waals surface area contributed by atoms with Crippen molar-refractivity contribution < 1.29 is 9.53 Å². The number of carbonyl (C=O) groups is 1. The van der Waals surface area contributed by atoms with Gasteiger partial charge in [-0.1, -0.05) is 38.1 Å². The molecule has 0 atom stereocenters. The number of carbonyl (C=O) groups excluding carboxylic acids is 1. The smallest absolute Gasteiger partial charge is 0.222 e. The van der Waals surface area contributed by atoms with Crippen LogP contribution in [0.1, 0.15) is 51.2 Å². The molecule has 1 heterocycles. The molecule has 0 aromatic heterocycles. The second kappa shape index (κ2) is 13.2. The summed E-state index contributed by atoms with van der Waals surface area (Å²) in [6, 6.07) is 8.41. The normalized spacial score (nSPS) is 14.1. The van der Waals surface area contributed by atoms with Gasteiger partial charge >= 0.3 is 0 Å². The molecule has 0 fully saturated rings. The zero-order valence-corrected chi connectivity index (χ0v) is 18.4. The number of hydrogen-bond donors (Lipinski definition) is 2. The SMILES string of the molecule is CCNC(=NCCCC(=O)N1CCc2ccccc2C1)NCCCOCC(C)C. The fourth-order valence-corrected chi connectivity index (χ4v) is 3.33. The molecule has 0 radical (unpaired) electrons. The average molecular weight is 403 g/mol. The van der Waals surface area contributed by atoms with Gasteiger partial charge in [0.25, 0.3) is 0 Å². The number of amides is 1. The van der Waals surface area contributed by atoms with Gasteiger partial charge in [-0.05, 0) is 43.2 Å². The second-order valence-electron chi connectivity index (χ2n) is 7.95. The van der Waals surface area contributed by atoms with Crippen molar-refractivity contribution in [1.29, 1.82) is 0 Å². The largest absolute Gasteiger partial charge is 0.381 e. The summed E-state index contributed by atoms with van der Waals surface area (Å²) >= 11 is 0. The number of guanidine groups is 1. The molecule has 2 rings (SSSR count). The van der Waals surface area contributed by atoms with Gasteiger partial charge in [0.15, 0.2) is 5.96 Å². The second-order valence-corrected chi connectivity index (χ2v) is 7.95. The highest BCUT2D eigenvalue weighted by Gasteiger charge is 2.19. The number of nitrogens with zero attached hydrogens (tertiary/aromatic N) is 2. The Morgan fingerprint density at radius 2 is 2.00 bits per heavy atom. The number of rotatable bonds is 11. The van der Waals surface area contributed by atoms with Crippen molar-refractivity contribution in [1.82, 2.24) is 15.5 Å². The van der Waals surface area contributed by atoms with Gasteiger partial charge in [0.2, 0.25) is 5.91 Å². The molecule has 29 heavy (non-hydrogen) atoms. The van der Waals surface area contributed by atoms with Gasteiger partial charge in [-0.3, -0.25) is 9.79 Å². The third-order valence-corrected chi connectivity index (χ3v) is 4.86. The van der Waals surface area contributed by atoms with E-state index in [2.05, 4.69) is 54.6 Å². The maximum absolute atomic E-state index is 12.5. The molecular formula is C23H38N4O2. The summed E-state index contributed by atoms with van der Waals surface area (Å²) in [5.74, 6) is 1.62. The molecular weight excluding hydrogens is 364 g/mol. The molecule has 1 aliphatic rings. The third kappa shape index (κ3) is 8.86. The van der Waals surface area contributed by atoms with Crippen LogP contribution < -0.4 is 10.6 Å². The van der Waals surface area contributed by atoms with Crippen LogP contribution in [0.25, 0.3) is 0 Å². The van der Waals surface area contributed by atoms with E-state index in [1.807, 2.05) is 11.0 Å². The Morgan fingerprint density at radius 1 is 1.21 bits per heavy atom. The number of ether oxygens (including phenoxy) is 1. The first-order valence-electron chi connectivity index (χ1n) is 11.0. The van der Waals surface area contributed by atoms with Crippen LogP contribution in [-0.4, -0.2) is 56.2 Å². The van der Waals surface area contributed by atoms with Crippen LogP contribution in [0.3, 0.4) is 0 Å². The minimum absolute atomic E-state index is 0.231. The Balaban J connectivity index is 1.65. The fraction of sp³-hybridized carbons (Fsp3) is 0.652. The first kappa shape index (κ1) is 23.2. The van der Waals surface area contributed by atoms with E-state index < -0.39 is 0 Å². The predicted octanol–water partition coefficient (Wildman–Crippen LogP) is 2.97. The Kier molecular flexibility index (Phi) is 10.6. The fourth-order valence-electron chi connectivity index (χ4n) is 3.33. The van der Waals surface area contributed by atoms with Crippen LogP contribution in [0.5, 0.6) is 0 Å². The van der Waals surface area contributed by atoms with E-state index in [0.29, 0.717) is 18.9 Å². The van der Waals surface area contributed by atoms with Gasteiger partial charge < -0.3 is 20.3 Å². The Morgan fingerprint density at radius 3 is 2.76 bits per heavy atom. The summed E-state index contributed by atoms with van der Waals surface area (Å²) in [5, 5.41) is 6.59. The van der Waals surface area contributed by atoms with Crippen molar-refractivity contribution in [2.24, 2.45) is 10.9 Å². The van der Waals surface area contributed by atoms with Crippen molar-refractivity contribution in [3.63, 3.8) is 0 Å². The van der Waals surface area contributed by atoms with Gasteiger partial charge in [0, 0.05) is 52.4 Å². The molecule has 1 aromatic carbocycles. The molecule has 0 spiro atoms. The molecule has 0 bridgehead atoms. The molecule has 6 heteroatoms. The lowest BCUT2D eigenvalue weighted by Crippen LogP contribution is -2.38. The van der Waals surface area contributed by atoms with Crippen LogP contribution in [-0.2, 0) is 22.5 Å². The average Bonchev–Trinajstić information content (AvgIpc) is 2.72. The standard InChI is InChI=1S/C23H38N4O2/c1-4-24-23(26-14-8-16-29-18-19(2)3)25-13-7-11-22(28)27-15-12-20-9-5-6-10-21(20)17-27/h5-6,9-10,19H,4,7-8,11-18H2,1-3H3,(H2,24,25,26). The van der Waals surface area contributed by atoms with E-state index in [1.165, 1.54) is 11.1 Å². The van der Waals surface area contributed by atoms with Crippen LogP contribution in [0.15, 0.2) is 29.3 Å². The van der Waals surface area contributed by atoms with Gasteiger partial charge in [-0.15, -0.1) is 0 Å². The van der Waals surface area contributed by atoms with E-state index in [9.17, 15) is 4.79 Å². The number of hydrogen-bond acceptors (Lipinski definition) is 3. The number of nitrogens with one attached hydrogen (secondary N) is 2. The Labute approximate surface area is 176 Å². The zero-order valence-electron chi connectivity index (χ0n) is 18.4. The molecule has 2 N–H and O–H groups in total. The minimum atomic E-state index is 0.231. The number of aliphatic imine (C=N–C) groups is 1. The van der Waals surface area contributed by atoms with Gasteiger partial charge in [-0.2, -0.15) is 0 Å². The molecule has 0 saturated carbocycles. The first-order chi connectivity index (χ1) is 14.1. The van der Waals surface area contributed by atoms with Crippen LogP contribution in [0.2, 0.25) is 0 Å². The van der Waals surface area contributed by atoms with Crippen molar-refractivity contribution in [3.05, 3.63) is 35.4 Å². The topological polar surface area (TPSA) is 66.0 Å². The van der Waals surface area contributed by atoms with Crippen molar-refractivity contribution in [2.75, 3.05) is 39.4 Å². The highest BCUT2D eigenvalue weighted by Crippen LogP contribution is 2.19. The summed E-state index contributed by atoms with van der Waals surface area (Å²) in [4.78, 5) is 19.1. The summed E-state index contributed by atoms with van der Waals surface area (Å²) in [6.45, 7) is 11.8. The van der Waals surface area contributed by atoms with Crippen LogP contribution in [0, 0.1) is 5.92 Å². The highest BCUT2D eigenvalue weighted by molar-refractivity contribution is 5.80. The Bertz CT molecular complexity index is 646. The van der Waals surface area contributed by atoms with Crippen molar-refractivity contribution in [2.45, 2.75) is 53.0 Å². The van der Waals surface area contributed by atoms with Crippen LogP contribution >= 0.6 is 0 Å². The van der Waals surface area contributed by atoms with Gasteiger partial charge in [-0.25, -0.2) is 0 Å². The lowest BCUT2D eigenvalue weighted by atomic mass is 9.99. The van der Waals surface area contributed by atoms with E-state index in [4.69, 9.17) is 4.74 Å². The van der Waals surface area contributed by atoms with Crippen molar-refractivity contribution >= 4 is 11.9 Å². The molecule has 1 aromatic rings. The van der Waals surface area contributed by atoms with E-state index in [0.717, 1.165) is 64.6 Å². The van der Waals surface area contributed by atoms with Gasteiger partial charge in [0.05, 0.1) is 0 Å². The molecule has 1 aliphatic heterocycles. The highest BCUT2D eigenvalue weighted by atomic mass is 16.5. The van der Waals surface area contributed by atoms with Gasteiger partial charge in [0.1, 0.15) is 0 Å². The lowest BCUT2D eigenvalue weighted by molar-refractivity contribution is -0.132. The monoisotopic (exact) mass is 402 g/mol. The lowest BCUT2D eigenvalue weighted by Gasteiger charge is -2.28. The summed E-state index contributed by atoms with van der Waals surface area (Å²) < 4.78 is 5.60. The maximum atomic E-state index is 12.5. The first-order valence-corrected chi connectivity index (χ1v) is 11.0. The van der Waals surface area contributed by atoms with E-state index in [1.54, 1.807) is 0 Å². The molecule has 1 amide bonds. The summed E-state index contributed by atoms with van der Waals surface area (Å²) in [6.07, 6.45) is 3.22. The van der Waals surface area contributed by atoms with E-state index in [-0.39, 0.29) is 5.91 Å².